The van der Waals surface area contributed by atoms with Crippen LogP contribution < -0.4 is 15.1 Å². The lowest BCUT2D eigenvalue weighted by molar-refractivity contribution is -0.117. The predicted octanol–water partition coefficient (Wildman–Crippen LogP) is 2.97. The molecule has 1 heterocycles. The number of fused-ring (bicyclic) bond motifs is 1. The number of anilines is 3. The predicted molar refractivity (Wildman–Crippen MR) is 91.6 cm³/mol. The fourth-order valence-electron chi connectivity index (χ4n) is 2.87. The third-order valence-electron chi connectivity index (χ3n) is 3.95. The minimum absolute atomic E-state index is 0.130. The highest BCUT2D eigenvalue weighted by molar-refractivity contribution is 5.97. The van der Waals surface area contributed by atoms with E-state index in [0.29, 0.717) is 13.1 Å². The summed E-state index contributed by atoms with van der Waals surface area (Å²) in [5.74, 6) is 0.130. The average molecular weight is 295 g/mol. The van der Waals surface area contributed by atoms with Crippen LogP contribution in [0, 0.1) is 0 Å². The van der Waals surface area contributed by atoms with Crippen molar-refractivity contribution in [1.82, 2.24) is 0 Å². The molecular formula is C18H21N3O. The van der Waals surface area contributed by atoms with Gasteiger partial charge in [-0.3, -0.25) is 4.79 Å². The topological polar surface area (TPSA) is 35.6 Å². The molecule has 1 amide bonds. The number of amides is 1. The van der Waals surface area contributed by atoms with Gasteiger partial charge in [0.15, 0.2) is 0 Å². The summed E-state index contributed by atoms with van der Waals surface area (Å²) in [5, 5.41) is 3.37. The quantitative estimate of drug-likeness (QED) is 0.942. The van der Waals surface area contributed by atoms with Gasteiger partial charge in [0.05, 0.1) is 17.9 Å². The summed E-state index contributed by atoms with van der Waals surface area (Å²) in [6.07, 6.45) is 0. The van der Waals surface area contributed by atoms with E-state index in [4.69, 9.17) is 0 Å². The van der Waals surface area contributed by atoms with E-state index in [2.05, 4.69) is 22.3 Å². The number of hydrogen-bond donors (Lipinski definition) is 1. The fraction of sp³-hybridized carbons (Fsp3) is 0.278. The Hall–Kier alpha value is -2.49. The third-order valence-corrected chi connectivity index (χ3v) is 3.95. The smallest absolute Gasteiger partial charge is 0.246 e. The summed E-state index contributed by atoms with van der Waals surface area (Å²) >= 11 is 0. The SMILES string of the molecule is CCN(C(=O)CN1CCNc2ccccc21)c1ccccc1. The number of hydrogen-bond acceptors (Lipinski definition) is 3. The Morgan fingerprint density at radius 2 is 1.86 bits per heavy atom. The second-order valence-corrected chi connectivity index (χ2v) is 5.34. The molecule has 0 bridgehead atoms. The van der Waals surface area contributed by atoms with E-state index in [-0.39, 0.29) is 5.91 Å². The highest BCUT2D eigenvalue weighted by atomic mass is 16.2. The van der Waals surface area contributed by atoms with Gasteiger partial charge >= 0.3 is 0 Å². The zero-order chi connectivity index (χ0) is 15.4. The zero-order valence-corrected chi connectivity index (χ0v) is 12.8. The van der Waals surface area contributed by atoms with E-state index < -0.39 is 0 Å². The van der Waals surface area contributed by atoms with Crippen LogP contribution in [0.3, 0.4) is 0 Å². The van der Waals surface area contributed by atoms with Crippen LogP contribution in [-0.2, 0) is 4.79 Å². The maximum absolute atomic E-state index is 12.7. The Bertz CT molecular complexity index is 642. The lowest BCUT2D eigenvalue weighted by atomic mass is 10.2. The van der Waals surface area contributed by atoms with Crippen LogP contribution in [0.2, 0.25) is 0 Å². The van der Waals surface area contributed by atoms with Gasteiger partial charge < -0.3 is 15.1 Å². The lowest BCUT2D eigenvalue weighted by Gasteiger charge is -2.33. The van der Waals surface area contributed by atoms with Crippen molar-refractivity contribution < 1.29 is 4.79 Å². The van der Waals surface area contributed by atoms with E-state index in [1.54, 1.807) is 0 Å². The number of nitrogens with zero attached hydrogens (tertiary/aromatic N) is 2. The van der Waals surface area contributed by atoms with Crippen LogP contribution in [0.25, 0.3) is 0 Å². The van der Waals surface area contributed by atoms with Gasteiger partial charge in [0, 0.05) is 25.3 Å². The van der Waals surface area contributed by atoms with E-state index >= 15 is 0 Å². The maximum Gasteiger partial charge on any atom is 0.246 e. The molecule has 4 nitrogen and oxygen atoms in total. The minimum atomic E-state index is 0.130. The fourth-order valence-corrected chi connectivity index (χ4v) is 2.87. The second-order valence-electron chi connectivity index (χ2n) is 5.34. The zero-order valence-electron chi connectivity index (χ0n) is 12.8. The van der Waals surface area contributed by atoms with E-state index in [1.165, 1.54) is 0 Å². The molecule has 0 fully saturated rings. The third kappa shape index (κ3) is 2.91. The van der Waals surface area contributed by atoms with Crippen LogP contribution in [0.1, 0.15) is 6.92 Å². The van der Waals surface area contributed by atoms with Gasteiger partial charge in [0.25, 0.3) is 0 Å². The number of rotatable bonds is 4. The monoisotopic (exact) mass is 295 g/mol. The highest BCUT2D eigenvalue weighted by Crippen LogP contribution is 2.28. The standard InChI is InChI=1S/C18H21N3O/c1-2-21(15-8-4-3-5-9-15)18(22)14-20-13-12-19-16-10-6-7-11-17(16)20/h3-11,19H,2,12-14H2,1H3. The van der Waals surface area contributed by atoms with Crippen LogP contribution in [0.4, 0.5) is 17.1 Å². The molecule has 114 valence electrons. The first kappa shape index (κ1) is 14.4. The molecule has 0 atom stereocenters. The molecule has 1 N–H and O–H groups in total. The molecule has 0 aliphatic carbocycles. The van der Waals surface area contributed by atoms with E-state index in [1.807, 2.05) is 54.3 Å². The Morgan fingerprint density at radius 3 is 2.64 bits per heavy atom. The largest absolute Gasteiger partial charge is 0.382 e. The normalized spacial score (nSPS) is 13.2. The van der Waals surface area contributed by atoms with Crippen molar-refractivity contribution in [3.8, 4) is 0 Å². The van der Waals surface area contributed by atoms with Gasteiger partial charge in [-0.2, -0.15) is 0 Å². The van der Waals surface area contributed by atoms with Crippen molar-refractivity contribution >= 4 is 23.0 Å². The van der Waals surface area contributed by atoms with Crippen molar-refractivity contribution in [2.75, 3.05) is 41.3 Å². The molecule has 2 aromatic carbocycles. The summed E-state index contributed by atoms with van der Waals surface area (Å²) < 4.78 is 0. The van der Waals surface area contributed by atoms with Crippen molar-refractivity contribution in [1.29, 1.82) is 0 Å². The Morgan fingerprint density at radius 1 is 1.14 bits per heavy atom. The van der Waals surface area contributed by atoms with Gasteiger partial charge in [0.1, 0.15) is 0 Å². The van der Waals surface area contributed by atoms with Crippen LogP contribution in [-0.4, -0.2) is 32.1 Å². The average Bonchev–Trinajstić information content (AvgIpc) is 2.57. The van der Waals surface area contributed by atoms with Crippen LogP contribution in [0.5, 0.6) is 0 Å². The molecule has 0 saturated carbocycles. The van der Waals surface area contributed by atoms with Crippen molar-refractivity contribution in [2.24, 2.45) is 0 Å². The van der Waals surface area contributed by atoms with Crippen LogP contribution in [0.15, 0.2) is 54.6 Å². The summed E-state index contributed by atoms with van der Waals surface area (Å²) in [6.45, 7) is 4.80. The summed E-state index contributed by atoms with van der Waals surface area (Å²) in [7, 11) is 0. The molecule has 0 saturated heterocycles. The molecule has 22 heavy (non-hydrogen) atoms. The number of carbonyl (C=O) groups is 1. The maximum atomic E-state index is 12.7. The number of benzene rings is 2. The highest BCUT2D eigenvalue weighted by Gasteiger charge is 2.21. The van der Waals surface area contributed by atoms with Gasteiger partial charge in [-0.05, 0) is 31.2 Å². The van der Waals surface area contributed by atoms with Crippen molar-refractivity contribution in [3.63, 3.8) is 0 Å². The van der Waals surface area contributed by atoms with E-state index in [9.17, 15) is 4.79 Å². The summed E-state index contributed by atoms with van der Waals surface area (Å²) in [4.78, 5) is 16.7. The molecule has 0 aromatic heterocycles. The molecule has 1 aliphatic rings. The molecule has 0 unspecified atom stereocenters. The summed E-state index contributed by atoms with van der Waals surface area (Å²) in [6, 6.07) is 18.0. The molecule has 0 spiro atoms. The van der Waals surface area contributed by atoms with Crippen molar-refractivity contribution in [2.45, 2.75) is 6.92 Å². The molecule has 1 aliphatic heterocycles. The van der Waals surface area contributed by atoms with Gasteiger partial charge in [0.2, 0.25) is 5.91 Å². The minimum Gasteiger partial charge on any atom is -0.382 e. The first-order valence-electron chi connectivity index (χ1n) is 7.73. The first-order valence-corrected chi connectivity index (χ1v) is 7.73. The number of carbonyl (C=O) groups excluding carboxylic acids is 1. The Labute approximate surface area is 131 Å². The van der Waals surface area contributed by atoms with Gasteiger partial charge in [-0.15, -0.1) is 0 Å². The Balaban J connectivity index is 1.77. The van der Waals surface area contributed by atoms with Crippen molar-refractivity contribution in [3.05, 3.63) is 54.6 Å². The molecule has 0 radical (unpaired) electrons. The van der Waals surface area contributed by atoms with Gasteiger partial charge in [-0.25, -0.2) is 0 Å². The molecule has 3 rings (SSSR count). The first-order chi connectivity index (χ1) is 10.8. The van der Waals surface area contributed by atoms with Gasteiger partial charge in [-0.1, -0.05) is 30.3 Å². The Kier molecular flexibility index (Phi) is 4.28. The second kappa shape index (κ2) is 6.52. The number of likely N-dealkylation sites (N-methyl/N-ethyl adjacent to an activating group) is 1. The molecular weight excluding hydrogens is 274 g/mol. The molecule has 4 heteroatoms. The lowest BCUT2D eigenvalue weighted by Crippen LogP contribution is -2.43. The number of nitrogens with one attached hydrogen (secondary N) is 1. The van der Waals surface area contributed by atoms with E-state index in [0.717, 1.165) is 30.2 Å². The molecule has 2 aromatic rings. The number of para-hydroxylation sites is 3. The van der Waals surface area contributed by atoms with Crippen LogP contribution >= 0.6 is 0 Å². The summed E-state index contributed by atoms with van der Waals surface area (Å²) in [5.41, 5.74) is 3.16.